The van der Waals surface area contributed by atoms with Gasteiger partial charge in [0.15, 0.2) is 0 Å². The molecule has 21 heavy (non-hydrogen) atoms. The molecule has 1 N–H and O–H groups in total. The molecule has 2 aromatic rings. The fourth-order valence-electron chi connectivity index (χ4n) is 1.99. The second-order valence-electron chi connectivity index (χ2n) is 4.26. The largest absolute Gasteiger partial charge is 0.481 e. The number of aliphatic carboxylic acids is 1. The second-order valence-corrected chi connectivity index (χ2v) is 4.26. The Labute approximate surface area is 116 Å². The van der Waals surface area contributed by atoms with Crippen molar-refractivity contribution >= 4 is 5.97 Å². The Bertz CT molecular complexity index is 683. The van der Waals surface area contributed by atoms with Crippen LogP contribution >= 0.6 is 0 Å². The van der Waals surface area contributed by atoms with E-state index < -0.39 is 29.9 Å². The SMILES string of the molecule is O=C(O)Cc1c(F)cncc1-c1ccccc1C(F)(F)F. The van der Waals surface area contributed by atoms with Crippen molar-refractivity contribution in [2.45, 2.75) is 12.6 Å². The number of rotatable bonds is 3. The molecule has 0 aliphatic carbocycles. The average Bonchev–Trinajstić information content (AvgIpc) is 2.40. The molecule has 0 amide bonds. The molecule has 7 heteroatoms. The van der Waals surface area contributed by atoms with Crippen LogP contribution in [-0.2, 0) is 17.4 Å². The van der Waals surface area contributed by atoms with Gasteiger partial charge < -0.3 is 5.11 Å². The average molecular weight is 299 g/mol. The molecular weight excluding hydrogens is 290 g/mol. The highest BCUT2D eigenvalue weighted by atomic mass is 19.4. The quantitative estimate of drug-likeness (QED) is 0.882. The Hall–Kier alpha value is -2.44. The van der Waals surface area contributed by atoms with Gasteiger partial charge in [0.1, 0.15) is 5.82 Å². The molecular formula is C14H9F4NO2. The van der Waals surface area contributed by atoms with Crippen LogP contribution in [0, 0.1) is 5.82 Å². The van der Waals surface area contributed by atoms with Crippen molar-refractivity contribution in [2.24, 2.45) is 0 Å². The topological polar surface area (TPSA) is 50.2 Å². The first-order valence-corrected chi connectivity index (χ1v) is 5.81. The van der Waals surface area contributed by atoms with Gasteiger partial charge in [-0.3, -0.25) is 9.78 Å². The summed E-state index contributed by atoms with van der Waals surface area (Å²) >= 11 is 0. The van der Waals surface area contributed by atoms with Crippen molar-refractivity contribution in [3.63, 3.8) is 0 Å². The Morgan fingerprint density at radius 1 is 1.14 bits per heavy atom. The van der Waals surface area contributed by atoms with Crippen LogP contribution in [0.2, 0.25) is 0 Å². The molecule has 0 saturated carbocycles. The van der Waals surface area contributed by atoms with Gasteiger partial charge >= 0.3 is 12.1 Å². The summed E-state index contributed by atoms with van der Waals surface area (Å²) in [6, 6.07) is 4.57. The monoisotopic (exact) mass is 299 g/mol. The maximum absolute atomic E-state index is 13.7. The minimum atomic E-state index is -4.64. The van der Waals surface area contributed by atoms with E-state index in [1.54, 1.807) is 0 Å². The van der Waals surface area contributed by atoms with Gasteiger partial charge in [0.05, 0.1) is 18.2 Å². The maximum atomic E-state index is 13.7. The van der Waals surface area contributed by atoms with E-state index in [2.05, 4.69) is 4.98 Å². The minimum absolute atomic E-state index is 0.176. The molecule has 0 unspecified atom stereocenters. The van der Waals surface area contributed by atoms with Gasteiger partial charge in [0.25, 0.3) is 0 Å². The number of carbonyl (C=O) groups is 1. The first kappa shape index (κ1) is 15.0. The van der Waals surface area contributed by atoms with E-state index in [4.69, 9.17) is 5.11 Å². The molecule has 0 aliphatic rings. The first-order valence-electron chi connectivity index (χ1n) is 5.81. The molecule has 0 saturated heterocycles. The number of halogens is 4. The van der Waals surface area contributed by atoms with E-state index in [0.717, 1.165) is 24.5 Å². The molecule has 2 rings (SSSR count). The van der Waals surface area contributed by atoms with Crippen molar-refractivity contribution in [1.82, 2.24) is 4.98 Å². The molecule has 0 fully saturated rings. The van der Waals surface area contributed by atoms with E-state index in [1.807, 2.05) is 0 Å². The summed E-state index contributed by atoms with van der Waals surface area (Å²) in [5.41, 5.74) is -1.77. The predicted octanol–water partition coefficient (Wildman–Crippen LogP) is 3.53. The van der Waals surface area contributed by atoms with Crippen LogP contribution in [0.5, 0.6) is 0 Å². The van der Waals surface area contributed by atoms with E-state index in [0.29, 0.717) is 0 Å². The number of carboxylic acids is 1. The van der Waals surface area contributed by atoms with Crippen LogP contribution in [0.15, 0.2) is 36.7 Å². The Morgan fingerprint density at radius 2 is 1.81 bits per heavy atom. The van der Waals surface area contributed by atoms with Crippen molar-refractivity contribution < 1.29 is 27.5 Å². The fourth-order valence-corrected chi connectivity index (χ4v) is 1.99. The van der Waals surface area contributed by atoms with Crippen LogP contribution in [0.25, 0.3) is 11.1 Å². The van der Waals surface area contributed by atoms with Crippen molar-refractivity contribution in [2.75, 3.05) is 0 Å². The van der Waals surface area contributed by atoms with Gasteiger partial charge in [-0.25, -0.2) is 4.39 Å². The molecule has 0 radical (unpaired) electrons. The number of carboxylic acid groups (broad SMARTS) is 1. The van der Waals surface area contributed by atoms with Gasteiger partial charge in [0.2, 0.25) is 0 Å². The van der Waals surface area contributed by atoms with Crippen molar-refractivity contribution in [3.8, 4) is 11.1 Å². The smallest absolute Gasteiger partial charge is 0.417 e. The summed E-state index contributed by atoms with van der Waals surface area (Å²) in [6.45, 7) is 0. The van der Waals surface area contributed by atoms with E-state index in [-0.39, 0.29) is 16.7 Å². The number of benzene rings is 1. The molecule has 1 aromatic carbocycles. The van der Waals surface area contributed by atoms with Crippen LogP contribution in [0.4, 0.5) is 17.6 Å². The van der Waals surface area contributed by atoms with Crippen LogP contribution in [0.1, 0.15) is 11.1 Å². The Kier molecular flexibility index (Phi) is 3.93. The lowest BCUT2D eigenvalue weighted by molar-refractivity contribution is -0.137. The van der Waals surface area contributed by atoms with Gasteiger partial charge in [-0.2, -0.15) is 13.2 Å². The summed E-state index contributed by atoms with van der Waals surface area (Å²) in [5, 5.41) is 8.78. The zero-order valence-corrected chi connectivity index (χ0v) is 10.5. The third-order valence-electron chi connectivity index (χ3n) is 2.86. The lowest BCUT2D eigenvalue weighted by atomic mass is 9.95. The highest BCUT2D eigenvalue weighted by Crippen LogP contribution is 2.38. The number of hydrogen-bond acceptors (Lipinski definition) is 2. The summed E-state index contributed by atoms with van der Waals surface area (Å²) in [7, 11) is 0. The third-order valence-corrected chi connectivity index (χ3v) is 2.86. The van der Waals surface area contributed by atoms with E-state index >= 15 is 0 Å². The lowest BCUT2D eigenvalue weighted by Gasteiger charge is -2.15. The van der Waals surface area contributed by atoms with E-state index in [1.165, 1.54) is 12.1 Å². The molecule has 0 aliphatic heterocycles. The first-order chi connectivity index (χ1) is 9.80. The van der Waals surface area contributed by atoms with Gasteiger partial charge in [-0.05, 0) is 11.6 Å². The number of pyridine rings is 1. The zero-order chi connectivity index (χ0) is 15.6. The molecule has 1 heterocycles. The number of hydrogen-bond donors (Lipinski definition) is 1. The maximum Gasteiger partial charge on any atom is 0.417 e. The van der Waals surface area contributed by atoms with Crippen LogP contribution in [0.3, 0.4) is 0 Å². The molecule has 3 nitrogen and oxygen atoms in total. The summed E-state index contributed by atoms with van der Waals surface area (Å²) in [6.07, 6.45) is -3.55. The zero-order valence-electron chi connectivity index (χ0n) is 10.5. The van der Waals surface area contributed by atoms with Crippen molar-refractivity contribution in [1.29, 1.82) is 0 Å². The molecule has 0 spiro atoms. The third kappa shape index (κ3) is 3.18. The Balaban J connectivity index is 2.68. The van der Waals surface area contributed by atoms with Gasteiger partial charge in [0, 0.05) is 17.3 Å². The standard InChI is InChI=1S/C14H9F4NO2/c15-12-7-19-6-10(9(12)5-13(20)21)8-3-1-2-4-11(8)14(16,17)18/h1-4,6-7H,5H2,(H,20,21). The molecule has 110 valence electrons. The highest BCUT2D eigenvalue weighted by molar-refractivity contribution is 5.77. The summed E-state index contributed by atoms with van der Waals surface area (Å²) in [5.74, 6) is -2.29. The van der Waals surface area contributed by atoms with Crippen LogP contribution in [-0.4, -0.2) is 16.1 Å². The van der Waals surface area contributed by atoms with E-state index in [9.17, 15) is 22.4 Å². The summed E-state index contributed by atoms with van der Waals surface area (Å²) < 4.78 is 52.7. The predicted molar refractivity (Wildman–Crippen MR) is 66.0 cm³/mol. The Morgan fingerprint density at radius 3 is 2.43 bits per heavy atom. The lowest BCUT2D eigenvalue weighted by Crippen LogP contribution is -2.10. The minimum Gasteiger partial charge on any atom is -0.481 e. The fraction of sp³-hybridized carbons (Fsp3) is 0.143. The highest BCUT2D eigenvalue weighted by Gasteiger charge is 2.34. The molecule has 0 atom stereocenters. The van der Waals surface area contributed by atoms with Gasteiger partial charge in [-0.1, -0.05) is 18.2 Å². The molecule has 0 bridgehead atoms. The summed E-state index contributed by atoms with van der Waals surface area (Å²) in [4.78, 5) is 14.3. The number of aromatic nitrogens is 1. The normalized spacial score (nSPS) is 11.4. The second kappa shape index (κ2) is 5.51. The number of nitrogens with zero attached hydrogens (tertiary/aromatic N) is 1. The number of alkyl halides is 3. The van der Waals surface area contributed by atoms with Crippen molar-refractivity contribution in [3.05, 3.63) is 53.6 Å². The van der Waals surface area contributed by atoms with Crippen LogP contribution < -0.4 is 0 Å². The van der Waals surface area contributed by atoms with Gasteiger partial charge in [-0.15, -0.1) is 0 Å². The molecule has 1 aromatic heterocycles.